The third kappa shape index (κ3) is 1.55. The Morgan fingerprint density at radius 3 is 2.79 bits per heavy atom. The number of aromatic amines is 1. The lowest BCUT2D eigenvalue weighted by molar-refractivity contribution is 0.555. The molecule has 14 heavy (non-hydrogen) atoms. The number of rotatable bonds is 1. The van der Waals surface area contributed by atoms with Crippen molar-refractivity contribution in [3.8, 4) is 0 Å². The van der Waals surface area contributed by atoms with Crippen molar-refractivity contribution in [1.29, 1.82) is 0 Å². The van der Waals surface area contributed by atoms with E-state index in [1.54, 1.807) is 0 Å². The smallest absolute Gasteiger partial charge is 0.108 e. The molecule has 1 aromatic carbocycles. The van der Waals surface area contributed by atoms with Crippen molar-refractivity contribution in [3.05, 3.63) is 28.4 Å². The molecule has 2 aromatic rings. The lowest BCUT2D eigenvalue weighted by Crippen LogP contribution is -2.28. The first-order valence-corrected chi connectivity index (χ1v) is 5.21. The minimum Gasteiger partial charge on any atom is -0.322 e. The second-order valence-electron chi connectivity index (χ2n) is 3.99. The zero-order chi connectivity index (χ0) is 10.3. The second kappa shape index (κ2) is 3.07. The van der Waals surface area contributed by atoms with Crippen LogP contribution in [0.4, 0.5) is 0 Å². The average molecular weight is 254 g/mol. The number of nitrogens with one attached hydrogen (secondary N) is 1. The predicted octanol–water partition coefficient (Wildman–Crippen LogP) is 2.52. The molecule has 3 N–H and O–H groups in total. The number of benzene rings is 1. The molecule has 74 valence electrons. The molecule has 4 heteroatoms. The number of H-pyrrole nitrogens is 1. The van der Waals surface area contributed by atoms with E-state index in [4.69, 9.17) is 5.73 Å². The van der Waals surface area contributed by atoms with E-state index in [0.29, 0.717) is 0 Å². The van der Waals surface area contributed by atoms with E-state index in [2.05, 4.69) is 32.2 Å². The third-order valence-corrected chi connectivity index (χ3v) is 2.86. The summed E-state index contributed by atoms with van der Waals surface area (Å²) in [4.78, 5) is 0. The van der Waals surface area contributed by atoms with Gasteiger partial charge in [0.25, 0.3) is 0 Å². The molecule has 3 nitrogen and oxygen atoms in total. The number of fused-ring (bicyclic) bond motifs is 1. The Morgan fingerprint density at radius 1 is 1.43 bits per heavy atom. The standard InChI is InChI=1S/C10H12BrN3/c1-10(2,12)6-3-4-8-7(5-6)9(11)14-13-8/h3-5H,12H2,1-2H3,(H,13,14). The molecule has 0 atom stereocenters. The van der Waals surface area contributed by atoms with Crippen molar-refractivity contribution < 1.29 is 0 Å². The summed E-state index contributed by atoms with van der Waals surface area (Å²) in [6, 6.07) is 6.04. The molecule has 2 rings (SSSR count). The van der Waals surface area contributed by atoms with Crippen LogP contribution in [0.15, 0.2) is 22.8 Å². The Balaban J connectivity index is 2.66. The van der Waals surface area contributed by atoms with Gasteiger partial charge in [0.2, 0.25) is 0 Å². The Hall–Kier alpha value is -0.870. The first kappa shape index (κ1) is 9.68. The highest BCUT2D eigenvalue weighted by Crippen LogP contribution is 2.25. The van der Waals surface area contributed by atoms with Crippen molar-refractivity contribution in [2.24, 2.45) is 5.73 Å². The van der Waals surface area contributed by atoms with Crippen molar-refractivity contribution in [1.82, 2.24) is 10.2 Å². The van der Waals surface area contributed by atoms with Gasteiger partial charge in [-0.1, -0.05) is 6.07 Å². The Bertz CT molecular complexity index is 468. The van der Waals surface area contributed by atoms with E-state index >= 15 is 0 Å². The number of nitrogens with two attached hydrogens (primary N) is 1. The molecule has 0 saturated heterocycles. The van der Waals surface area contributed by atoms with Gasteiger partial charge in [0.15, 0.2) is 0 Å². The van der Waals surface area contributed by atoms with Crippen LogP contribution in [0, 0.1) is 0 Å². The number of halogens is 1. The highest BCUT2D eigenvalue weighted by molar-refractivity contribution is 9.10. The Kier molecular flexibility index (Phi) is 2.12. The fraction of sp³-hybridized carbons (Fsp3) is 0.300. The van der Waals surface area contributed by atoms with Crippen LogP contribution >= 0.6 is 15.9 Å². The molecule has 0 aliphatic rings. The summed E-state index contributed by atoms with van der Waals surface area (Å²) < 4.78 is 0.901. The van der Waals surface area contributed by atoms with Gasteiger partial charge in [-0.25, -0.2) is 0 Å². The molecule has 0 spiro atoms. The van der Waals surface area contributed by atoms with Gasteiger partial charge in [-0.15, -0.1) is 0 Å². The first-order valence-electron chi connectivity index (χ1n) is 4.41. The fourth-order valence-corrected chi connectivity index (χ4v) is 1.79. The molecule has 1 heterocycles. The van der Waals surface area contributed by atoms with Gasteiger partial charge in [-0.3, -0.25) is 5.10 Å². The largest absolute Gasteiger partial charge is 0.322 e. The van der Waals surface area contributed by atoms with Crippen LogP contribution in [-0.4, -0.2) is 10.2 Å². The van der Waals surface area contributed by atoms with E-state index in [0.717, 1.165) is 21.1 Å². The molecular weight excluding hydrogens is 242 g/mol. The molecular formula is C10H12BrN3. The van der Waals surface area contributed by atoms with E-state index < -0.39 is 0 Å². The summed E-state index contributed by atoms with van der Waals surface area (Å²) in [5.41, 5.74) is 7.76. The minimum absolute atomic E-state index is 0.315. The zero-order valence-corrected chi connectivity index (χ0v) is 9.72. The number of aromatic nitrogens is 2. The van der Waals surface area contributed by atoms with Crippen molar-refractivity contribution >= 4 is 26.8 Å². The minimum atomic E-state index is -0.315. The highest BCUT2D eigenvalue weighted by Gasteiger charge is 2.15. The number of hydrogen-bond acceptors (Lipinski definition) is 2. The topological polar surface area (TPSA) is 54.7 Å². The number of hydrogen-bond donors (Lipinski definition) is 2. The normalized spacial score (nSPS) is 12.3. The SMILES string of the molecule is CC(C)(N)c1ccc2n[nH]c(Br)c2c1. The first-order chi connectivity index (χ1) is 6.48. The van der Waals surface area contributed by atoms with Crippen LogP contribution in [0.2, 0.25) is 0 Å². The molecule has 0 radical (unpaired) electrons. The highest BCUT2D eigenvalue weighted by atomic mass is 79.9. The van der Waals surface area contributed by atoms with E-state index in [1.807, 2.05) is 26.0 Å². The average Bonchev–Trinajstić information content (AvgIpc) is 2.46. The van der Waals surface area contributed by atoms with Gasteiger partial charge in [0.1, 0.15) is 4.60 Å². The van der Waals surface area contributed by atoms with Crippen LogP contribution in [0.25, 0.3) is 10.9 Å². The van der Waals surface area contributed by atoms with E-state index in [9.17, 15) is 0 Å². The maximum Gasteiger partial charge on any atom is 0.108 e. The van der Waals surface area contributed by atoms with Gasteiger partial charge in [-0.05, 0) is 47.5 Å². The molecule has 0 bridgehead atoms. The maximum atomic E-state index is 6.02. The van der Waals surface area contributed by atoms with Crippen molar-refractivity contribution in [2.75, 3.05) is 0 Å². The lowest BCUT2D eigenvalue weighted by Gasteiger charge is -2.18. The monoisotopic (exact) mass is 253 g/mol. The van der Waals surface area contributed by atoms with E-state index in [-0.39, 0.29) is 5.54 Å². The van der Waals surface area contributed by atoms with Crippen LogP contribution in [0.3, 0.4) is 0 Å². The Labute approximate surface area is 90.8 Å². The number of nitrogens with zero attached hydrogens (tertiary/aromatic N) is 1. The molecule has 0 aliphatic carbocycles. The predicted molar refractivity (Wildman–Crippen MR) is 61.0 cm³/mol. The van der Waals surface area contributed by atoms with Crippen molar-refractivity contribution in [3.63, 3.8) is 0 Å². The lowest BCUT2D eigenvalue weighted by atomic mass is 9.95. The van der Waals surface area contributed by atoms with Gasteiger partial charge in [0, 0.05) is 10.9 Å². The summed E-state index contributed by atoms with van der Waals surface area (Å²) >= 11 is 3.41. The quantitative estimate of drug-likeness (QED) is 0.821. The molecule has 0 unspecified atom stereocenters. The Morgan fingerprint density at radius 2 is 2.14 bits per heavy atom. The molecule has 0 aliphatic heterocycles. The van der Waals surface area contributed by atoms with Gasteiger partial charge >= 0.3 is 0 Å². The fourth-order valence-electron chi connectivity index (χ4n) is 1.38. The second-order valence-corrected chi connectivity index (χ2v) is 4.78. The van der Waals surface area contributed by atoms with Crippen LogP contribution in [0.1, 0.15) is 19.4 Å². The van der Waals surface area contributed by atoms with Gasteiger partial charge in [0.05, 0.1) is 5.52 Å². The van der Waals surface area contributed by atoms with E-state index in [1.165, 1.54) is 0 Å². The van der Waals surface area contributed by atoms with Crippen molar-refractivity contribution in [2.45, 2.75) is 19.4 Å². The summed E-state index contributed by atoms with van der Waals surface area (Å²) in [5, 5.41) is 8.08. The third-order valence-electron chi connectivity index (χ3n) is 2.25. The molecule has 0 fully saturated rings. The molecule has 0 saturated carbocycles. The summed E-state index contributed by atoms with van der Waals surface area (Å²) in [6.45, 7) is 3.98. The maximum absolute atomic E-state index is 6.02. The molecule has 0 amide bonds. The van der Waals surface area contributed by atoms with Crippen LogP contribution in [0.5, 0.6) is 0 Å². The summed E-state index contributed by atoms with van der Waals surface area (Å²) in [6.07, 6.45) is 0. The summed E-state index contributed by atoms with van der Waals surface area (Å²) in [7, 11) is 0. The zero-order valence-electron chi connectivity index (χ0n) is 8.13. The summed E-state index contributed by atoms with van der Waals surface area (Å²) in [5.74, 6) is 0. The van der Waals surface area contributed by atoms with Crippen LogP contribution in [-0.2, 0) is 5.54 Å². The van der Waals surface area contributed by atoms with Gasteiger partial charge < -0.3 is 5.73 Å². The van der Waals surface area contributed by atoms with Gasteiger partial charge in [-0.2, -0.15) is 5.10 Å². The van der Waals surface area contributed by atoms with Crippen LogP contribution < -0.4 is 5.73 Å². The molecule has 1 aromatic heterocycles.